The van der Waals surface area contributed by atoms with Crippen LogP contribution >= 0.6 is 0 Å². The second-order valence-electron chi connectivity index (χ2n) is 11.2. The Labute approximate surface area is 218 Å². The van der Waals surface area contributed by atoms with Crippen LogP contribution in [0.25, 0.3) is 0 Å². The van der Waals surface area contributed by atoms with Crippen molar-refractivity contribution in [1.82, 2.24) is 0 Å². The smallest absolute Gasteiger partial charge is 0.488 e. The molecule has 0 atom stereocenters. The molecule has 3 aliphatic carbocycles. The van der Waals surface area contributed by atoms with E-state index in [0.29, 0.717) is 0 Å². The van der Waals surface area contributed by atoms with Crippen LogP contribution in [0.4, 0.5) is 0 Å². The van der Waals surface area contributed by atoms with Crippen LogP contribution in [0.15, 0.2) is 35.5 Å². The van der Waals surface area contributed by atoms with E-state index in [2.05, 4.69) is 24.8 Å². The van der Waals surface area contributed by atoms with Crippen LogP contribution < -0.4 is 0 Å². The van der Waals surface area contributed by atoms with Gasteiger partial charge >= 0.3 is 8.80 Å². The minimum atomic E-state index is -2.92. The molecule has 0 unspecified atom stereocenters. The van der Waals surface area contributed by atoms with Crippen molar-refractivity contribution < 1.29 is 13.3 Å². The summed E-state index contributed by atoms with van der Waals surface area (Å²) in [5, 5.41) is 0. The van der Waals surface area contributed by atoms with Crippen molar-refractivity contribution in [2.75, 3.05) is 0 Å². The second kappa shape index (κ2) is 17.3. The Morgan fingerprint density at radius 3 is 0.971 bits per heavy atom. The topological polar surface area (TPSA) is 27.7 Å². The van der Waals surface area contributed by atoms with Crippen LogP contribution in [0.2, 0.25) is 6.55 Å². The summed E-state index contributed by atoms with van der Waals surface area (Å²) in [5.74, 6) is 3.38. The maximum absolute atomic E-state index is 6.85. The van der Waals surface area contributed by atoms with Gasteiger partial charge < -0.3 is 13.3 Å². The van der Waals surface area contributed by atoms with Crippen molar-refractivity contribution in [2.24, 2.45) is 0 Å². The molecule has 0 aliphatic heterocycles. The van der Waals surface area contributed by atoms with Crippen molar-refractivity contribution in [3.05, 3.63) is 35.5 Å². The molecule has 0 radical (unpaired) electrons. The zero-order chi connectivity index (χ0) is 24.4. The maximum Gasteiger partial charge on any atom is 0.695 e. The Morgan fingerprint density at radius 2 is 0.657 bits per heavy atom. The standard InChI is InChI=1S/C31H54O3Si/c1-35(32-29-23-17-11-5-2-6-12-18-24-29,33-30-25-19-13-7-3-8-14-20-26-30)34-31-27-21-15-9-4-10-16-22-28-31/h23,25,27H,2-22,24,26,28H2,1H3/b29-23+,30-25+,31-27+. The van der Waals surface area contributed by atoms with E-state index in [-0.39, 0.29) is 0 Å². The van der Waals surface area contributed by atoms with E-state index in [9.17, 15) is 0 Å². The molecule has 0 aromatic rings. The summed E-state index contributed by atoms with van der Waals surface area (Å²) < 4.78 is 20.5. The number of hydrogen-bond acceptors (Lipinski definition) is 3. The quantitative estimate of drug-likeness (QED) is 0.338. The Balaban J connectivity index is 1.76. The van der Waals surface area contributed by atoms with E-state index in [0.717, 1.165) is 55.8 Å². The fourth-order valence-corrected chi connectivity index (χ4v) is 7.71. The van der Waals surface area contributed by atoms with Gasteiger partial charge in [-0.25, -0.2) is 0 Å². The van der Waals surface area contributed by atoms with Crippen molar-refractivity contribution in [2.45, 2.75) is 161 Å². The van der Waals surface area contributed by atoms with Crippen LogP contribution in [0.1, 0.15) is 154 Å². The lowest BCUT2D eigenvalue weighted by Crippen LogP contribution is -2.42. The van der Waals surface area contributed by atoms with Crippen LogP contribution in [0.3, 0.4) is 0 Å². The molecule has 0 amide bonds. The molecular weight excluding hydrogens is 448 g/mol. The number of rotatable bonds is 6. The first-order valence-corrected chi connectivity index (χ1v) is 17.6. The lowest BCUT2D eigenvalue weighted by molar-refractivity contribution is 0.136. The zero-order valence-electron chi connectivity index (χ0n) is 22.9. The average Bonchev–Trinajstić information content (AvgIpc) is 2.86. The third-order valence-corrected chi connectivity index (χ3v) is 9.60. The predicted octanol–water partition coefficient (Wildman–Crippen LogP) is 10.7. The molecule has 0 fully saturated rings. The molecule has 0 bridgehead atoms. The molecule has 0 N–H and O–H groups in total. The van der Waals surface area contributed by atoms with Gasteiger partial charge in [0.25, 0.3) is 0 Å². The van der Waals surface area contributed by atoms with Crippen molar-refractivity contribution >= 4 is 8.80 Å². The largest absolute Gasteiger partial charge is 0.695 e. The van der Waals surface area contributed by atoms with Crippen molar-refractivity contribution in [1.29, 1.82) is 0 Å². The molecule has 0 heterocycles. The third-order valence-electron chi connectivity index (χ3n) is 7.70. The van der Waals surface area contributed by atoms with Gasteiger partial charge in [-0.1, -0.05) is 77.0 Å². The summed E-state index contributed by atoms with van der Waals surface area (Å²) in [5.41, 5.74) is 0. The Hall–Kier alpha value is -1.16. The summed E-state index contributed by atoms with van der Waals surface area (Å²) in [6.45, 7) is 2.16. The van der Waals surface area contributed by atoms with Gasteiger partial charge in [-0.05, 0) is 76.0 Å². The van der Waals surface area contributed by atoms with E-state index in [1.165, 1.54) is 116 Å². The summed E-state index contributed by atoms with van der Waals surface area (Å²) in [7, 11) is -2.92. The molecule has 200 valence electrons. The molecule has 0 aromatic heterocycles. The molecule has 0 spiro atoms. The number of allylic oxidation sites excluding steroid dienone is 6. The number of hydrogen-bond donors (Lipinski definition) is 0. The fraction of sp³-hybridized carbons (Fsp3) is 0.806. The van der Waals surface area contributed by atoms with Crippen LogP contribution in [-0.4, -0.2) is 8.80 Å². The van der Waals surface area contributed by atoms with E-state index >= 15 is 0 Å². The van der Waals surface area contributed by atoms with E-state index < -0.39 is 8.80 Å². The van der Waals surface area contributed by atoms with Gasteiger partial charge in [0.2, 0.25) is 0 Å². The normalized spacial score (nSPS) is 27.5. The molecule has 4 heteroatoms. The molecule has 0 aromatic carbocycles. The highest BCUT2D eigenvalue weighted by Gasteiger charge is 2.44. The lowest BCUT2D eigenvalue weighted by atomic mass is 10.0. The second-order valence-corrected chi connectivity index (χ2v) is 13.5. The summed E-state index contributed by atoms with van der Waals surface area (Å²) in [4.78, 5) is 0. The van der Waals surface area contributed by atoms with Crippen LogP contribution in [0, 0.1) is 0 Å². The Kier molecular flexibility index (Phi) is 14.1. The fourth-order valence-electron chi connectivity index (χ4n) is 5.60. The first kappa shape index (κ1) is 28.4. The van der Waals surface area contributed by atoms with Crippen LogP contribution in [0.5, 0.6) is 0 Å². The Bertz CT molecular complexity index is 578. The lowest BCUT2D eigenvalue weighted by Gasteiger charge is -2.31. The first-order valence-electron chi connectivity index (χ1n) is 15.4. The SMILES string of the molecule is C[Si](O/C1=C/CCCCCCCC1)(O/C1=C/CCCCCCCC1)O/C1=C/CCCCCCCC1. The van der Waals surface area contributed by atoms with Gasteiger partial charge in [0, 0.05) is 25.8 Å². The van der Waals surface area contributed by atoms with Crippen molar-refractivity contribution in [3.63, 3.8) is 0 Å². The van der Waals surface area contributed by atoms with Gasteiger partial charge in [0.1, 0.15) is 0 Å². The third kappa shape index (κ3) is 12.6. The molecule has 0 saturated carbocycles. The van der Waals surface area contributed by atoms with Gasteiger partial charge in [-0.3, -0.25) is 0 Å². The summed E-state index contributed by atoms with van der Waals surface area (Å²) >= 11 is 0. The minimum absolute atomic E-state index is 1.02. The molecule has 3 nitrogen and oxygen atoms in total. The molecule has 35 heavy (non-hydrogen) atoms. The summed E-state index contributed by atoms with van der Waals surface area (Å²) in [6, 6.07) is 0. The van der Waals surface area contributed by atoms with Gasteiger partial charge in [-0.2, -0.15) is 0 Å². The molecular formula is C31H54O3Si. The molecule has 3 rings (SSSR count). The highest BCUT2D eigenvalue weighted by Crippen LogP contribution is 2.30. The Morgan fingerprint density at radius 1 is 0.400 bits per heavy atom. The zero-order valence-corrected chi connectivity index (χ0v) is 23.9. The average molecular weight is 503 g/mol. The highest BCUT2D eigenvalue weighted by molar-refractivity contribution is 6.60. The molecule has 3 aliphatic rings. The van der Waals surface area contributed by atoms with Gasteiger partial charge in [0.15, 0.2) is 0 Å². The van der Waals surface area contributed by atoms with E-state index in [1.807, 2.05) is 0 Å². The van der Waals surface area contributed by atoms with E-state index in [1.54, 1.807) is 0 Å². The maximum atomic E-state index is 6.85. The highest BCUT2D eigenvalue weighted by atomic mass is 28.4. The van der Waals surface area contributed by atoms with E-state index in [4.69, 9.17) is 13.3 Å². The first-order chi connectivity index (χ1) is 17.2. The monoisotopic (exact) mass is 502 g/mol. The minimum Gasteiger partial charge on any atom is -0.488 e. The molecule has 0 saturated heterocycles. The van der Waals surface area contributed by atoms with Crippen LogP contribution in [-0.2, 0) is 13.3 Å². The summed E-state index contributed by atoms with van der Waals surface area (Å²) in [6.07, 6.45) is 37.0. The predicted molar refractivity (Wildman–Crippen MR) is 150 cm³/mol. The van der Waals surface area contributed by atoms with Gasteiger partial charge in [0.05, 0.1) is 17.3 Å². The van der Waals surface area contributed by atoms with Gasteiger partial charge in [-0.15, -0.1) is 0 Å². The van der Waals surface area contributed by atoms with Crippen molar-refractivity contribution in [3.8, 4) is 0 Å².